The molecule has 1 amide bonds. The molecular weight excluding hydrogens is 1250 g/mol. The van der Waals surface area contributed by atoms with Gasteiger partial charge in [0, 0.05) is 88.1 Å². The van der Waals surface area contributed by atoms with Crippen LogP contribution >= 0.6 is 0 Å². The van der Waals surface area contributed by atoms with Crippen LogP contribution in [0.2, 0.25) is 0 Å². The van der Waals surface area contributed by atoms with Crippen molar-refractivity contribution in [1.29, 1.82) is 0 Å². The molecule has 0 bridgehead atoms. The van der Waals surface area contributed by atoms with Crippen LogP contribution < -0.4 is 17.0 Å². The molecule has 5 fully saturated rings. The van der Waals surface area contributed by atoms with Crippen LogP contribution in [0.15, 0.2) is 273 Å². The number of likely N-dealkylation sites (tertiary alicyclic amines) is 3. The van der Waals surface area contributed by atoms with Gasteiger partial charge in [-0.1, -0.05) is 273 Å². The second kappa shape index (κ2) is 36.9. The average molecular weight is 1350 g/mol. The van der Waals surface area contributed by atoms with Crippen molar-refractivity contribution in [3.05, 3.63) is 330 Å². The molecule has 496 valence electrons. The van der Waals surface area contributed by atoms with Crippen LogP contribution in [0.3, 0.4) is 0 Å². The van der Waals surface area contributed by atoms with Gasteiger partial charge >= 0.3 is 23.1 Å². The Kier molecular flexibility index (Phi) is 28.3. The van der Waals surface area contributed by atoms with Crippen LogP contribution in [0.4, 0.5) is 0 Å². The molecule has 0 spiro atoms. The molecule has 4 unspecified atom stereocenters. The van der Waals surface area contributed by atoms with Crippen molar-refractivity contribution in [2.75, 3.05) is 39.3 Å². The summed E-state index contributed by atoms with van der Waals surface area (Å²) in [5, 5.41) is 0. The molecule has 7 nitrogen and oxygen atoms in total. The van der Waals surface area contributed by atoms with Gasteiger partial charge in [0.1, 0.15) is 0 Å². The van der Waals surface area contributed by atoms with Crippen molar-refractivity contribution in [2.24, 2.45) is 17.8 Å². The maximum Gasteiger partial charge on any atom is 2.00 e. The molecule has 0 N–H and O–H groups in total. The first-order chi connectivity index (χ1) is 46.2. The second-order valence-electron chi connectivity index (χ2n) is 27.2. The monoisotopic (exact) mass is 1350 g/mol. The zero-order chi connectivity index (χ0) is 65.0. The van der Waals surface area contributed by atoms with Gasteiger partial charge in [-0.05, 0) is 147 Å². The summed E-state index contributed by atoms with van der Waals surface area (Å²) >= 11 is 0. The zero-order valence-electron chi connectivity index (χ0n) is 57.8. The smallest absolute Gasteiger partial charge is 1.00 e. The molecule has 14 rings (SSSR count). The molecule has 9 heteroatoms. The Hall–Kier alpha value is -6.50. The number of halogens is 1. The number of benzene rings is 9. The number of carbonyl (C=O) groups excluding carboxylic acids is 1. The number of carbonyl (C=O) groups is 1. The van der Waals surface area contributed by atoms with Gasteiger partial charge in [0.05, 0.1) is 5.92 Å². The van der Waals surface area contributed by atoms with E-state index in [0.29, 0.717) is 42.3 Å². The Balaban J connectivity index is 0.000000165. The molecule has 9 aromatic rings. The summed E-state index contributed by atoms with van der Waals surface area (Å²) in [5.41, 5.74) is 13.0. The van der Waals surface area contributed by atoms with E-state index in [-0.39, 0.29) is 51.9 Å². The molecule has 0 radical (unpaired) electrons. The van der Waals surface area contributed by atoms with Crippen molar-refractivity contribution in [3.8, 4) is 0 Å². The summed E-state index contributed by atoms with van der Waals surface area (Å²) in [5.74, 6) is 1.84. The molecule has 2 saturated carbocycles. The van der Waals surface area contributed by atoms with Gasteiger partial charge in [0.2, 0.25) is 5.91 Å². The summed E-state index contributed by atoms with van der Waals surface area (Å²) in [6.45, 7) is 24.1. The largest absolute Gasteiger partial charge is 2.00 e. The predicted molar refractivity (Wildman–Crippen MR) is 396 cm³/mol. The first kappa shape index (κ1) is 73.7. The van der Waals surface area contributed by atoms with Gasteiger partial charge in [-0.25, -0.2) is 0 Å². The summed E-state index contributed by atoms with van der Waals surface area (Å²) in [4.78, 5) is 29.1. The summed E-state index contributed by atoms with van der Waals surface area (Å²) in [6, 6.07) is 98.7. The van der Waals surface area contributed by atoms with Crippen LogP contribution in [0.25, 0.3) is 0 Å². The minimum atomic E-state index is 0. The molecule has 3 saturated heterocycles. The van der Waals surface area contributed by atoms with Crippen molar-refractivity contribution in [3.63, 3.8) is 0 Å². The Morgan fingerprint density at radius 1 is 0.365 bits per heavy atom. The average Bonchev–Trinajstić information content (AvgIpc) is 1.59. The minimum Gasteiger partial charge on any atom is -1.00 e. The third-order valence-electron chi connectivity index (χ3n) is 21.4. The number of nitrogens with zero attached hydrogens (tertiary/aromatic N) is 6. The summed E-state index contributed by atoms with van der Waals surface area (Å²) < 4.78 is 0. The minimum absolute atomic E-state index is 0. The molecule has 96 heavy (non-hydrogen) atoms. The fraction of sp³-hybridized carbons (Fsp3) is 0.356. The van der Waals surface area contributed by atoms with E-state index in [0.717, 1.165) is 57.5 Å². The van der Waals surface area contributed by atoms with Crippen molar-refractivity contribution < 1.29 is 21.8 Å². The van der Waals surface area contributed by atoms with E-state index in [9.17, 15) is 4.79 Å². The number of hydrogen-bond acceptors (Lipinski definition) is 6. The Bertz CT molecular complexity index is 3320. The number of rotatable bonds is 23. The van der Waals surface area contributed by atoms with Crippen LogP contribution in [0, 0.1) is 24.7 Å². The molecule has 3 aliphatic heterocycles. The second-order valence-corrected chi connectivity index (χ2v) is 27.2. The molecule has 2 aliphatic carbocycles. The van der Waals surface area contributed by atoms with Crippen molar-refractivity contribution in [1.82, 2.24) is 29.4 Å². The van der Waals surface area contributed by atoms with E-state index >= 15 is 0 Å². The van der Waals surface area contributed by atoms with E-state index in [1.807, 2.05) is 41.3 Å². The SMILES string of the molecule is CC(c1ccccc1)N1CCC(C(=O)N(Cc2ccccc2)Cc2ccccc2)C1.CC(c1ccccc1)N1CC[C@@H](C2(N(Cc3ccccc3)Cc3ccccc3)CC2)C1.CC(c1ccccc1)N1CC[C@H](C2(N(Cc3ccccc3)Cc3ccccc3)CC2)C1.[Br-].[CH2-]C.[Mg+2]. The van der Waals surface area contributed by atoms with Gasteiger partial charge in [-0.2, -0.15) is 6.92 Å². The fourth-order valence-electron chi connectivity index (χ4n) is 15.6. The van der Waals surface area contributed by atoms with E-state index in [1.54, 1.807) is 6.92 Å². The number of hydrogen-bond donors (Lipinski definition) is 0. The Labute approximate surface area is 603 Å². The first-order valence-electron chi connectivity index (χ1n) is 35.3. The van der Waals surface area contributed by atoms with Crippen LogP contribution in [0.5, 0.6) is 0 Å². The van der Waals surface area contributed by atoms with Gasteiger partial charge in [0.15, 0.2) is 0 Å². The van der Waals surface area contributed by atoms with E-state index in [2.05, 4.69) is 289 Å². The summed E-state index contributed by atoms with van der Waals surface area (Å²) in [7, 11) is 0. The fourth-order valence-corrected chi connectivity index (χ4v) is 15.6. The molecule has 0 aromatic heterocycles. The normalized spacial score (nSPS) is 19.3. The quantitative estimate of drug-likeness (QED) is 0.0469. The van der Waals surface area contributed by atoms with Crippen LogP contribution in [-0.2, 0) is 44.1 Å². The van der Waals surface area contributed by atoms with Gasteiger partial charge in [-0.15, -0.1) is 0 Å². The molecule has 3 heterocycles. The van der Waals surface area contributed by atoms with Gasteiger partial charge in [-0.3, -0.25) is 29.3 Å². The molecule has 9 aromatic carbocycles. The van der Waals surface area contributed by atoms with Crippen molar-refractivity contribution >= 4 is 29.0 Å². The van der Waals surface area contributed by atoms with Gasteiger partial charge in [0.25, 0.3) is 0 Å². The maximum atomic E-state index is 13.6. The topological polar surface area (TPSA) is 36.5 Å². The van der Waals surface area contributed by atoms with Crippen LogP contribution in [0.1, 0.15) is 141 Å². The number of amides is 1. The van der Waals surface area contributed by atoms with E-state index < -0.39 is 0 Å². The molecule has 5 aliphatic rings. The van der Waals surface area contributed by atoms with Crippen LogP contribution in [-0.4, -0.2) is 109 Å². The van der Waals surface area contributed by atoms with E-state index in [1.165, 1.54) is 115 Å². The van der Waals surface area contributed by atoms with Crippen molar-refractivity contribution in [2.45, 2.75) is 141 Å². The first-order valence-corrected chi connectivity index (χ1v) is 35.3. The Morgan fingerprint density at radius 2 is 0.594 bits per heavy atom. The Morgan fingerprint density at radius 3 is 0.854 bits per heavy atom. The standard InChI is InChI=1S/2C29H34N2.C27H30N2O.C2H5.BrH.Mg/c2*1-24(27-15-9-4-10-16-27)30-20-17-28(23-30)29(18-19-29)31(21-25-11-5-2-6-12-25)22-26-13-7-3-8-14-26;1-22(25-15-9-4-10-16-25)28-18-17-26(21-28)27(30)29(19-23-11-5-2-6-12-23)20-24-13-7-3-8-14-24;1-2;;/h2*2-16,24,28H,17-23H2,1H3;2-16,22,26H,17-21H2,1H3;1H2,2H3;1H;/q;;;-1;;+2/p-1/t2*24?,28-;;;;/m10..../s1. The third kappa shape index (κ3) is 19.7. The van der Waals surface area contributed by atoms with E-state index in [4.69, 9.17) is 0 Å². The summed E-state index contributed by atoms with van der Waals surface area (Å²) in [6.07, 6.45) is 8.91. The maximum absolute atomic E-state index is 13.6. The van der Waals surface area contributed by atoms with Gasteiger partial charge < -0.3 is 28.8 Å². The molecular formula is C87H103BrMgN6O. The molecule has 6 atom stereocenters. The predicted octanol–water partition coefficient (Wildman–Crippen LogP) is 15.4. The zero-order valence-corrected chi connectivity index (χ0v) is 60.8. The third-order valence-corrected chi connectivity index (χ3v) is 21.4.